The van der Waals surface area contributed by atoms with E-state index in [9.17, 15) is 0 Å². The molecule has 30 heavy (non-hydrogen) atoms. The molecule has 0 aliphatic heterocycles. The molecule has 2 atom stereocenters. The summed E-state index contributed by atoms with van der Waals surface area (Å²) >= 11 is 0. The Morgan fingerprint density at radius 3 is 1.53 bits per heavy atom. The molecule has 0 amide bonds. The molecule has 4 fully saturated rings. The van der Waals surface area contributed by atoms with Crippen molar-refractivity contribution in [3.05, 3.63) is 0 Å². The molecule has 0 aromatic carbocycles. The van der Waals surface area contributed by atoms with Gasteiger partial charge in [0, 0.05) is 18.3 Å². The van der Waals surface area contributed by atoms with E-state index in [0.29, 0.717) is 11.0 Å². The number of hydrogen-bond donors (Lipinski definition) is 1. The minimum Gasteiger partial charge on any atom is -0.870 e. The molecular formula is C28H55NO. The Kier molecular flexibility index (Phi) is 11.2. The molecule has 0 spiro atoms. The number of rotatable bonds is 16. The summed E-state index contributed by atoms with van der Waals surface area (Å²) in [6.45, 7) is 8.95. The van der Waals surface area contributed by atoms with Crippen molar-refractivity contribution in [3.63, 3.8) is 0 Å². The molecule has 4 aliphatic rings. The molecule has 2 unspecified atom stereocenters. The molecule has 4 rings (SSSR count). The minimum atomic E-state index is 0. The average Bonchev–Trinajstić information content (AvgIpc) is 2.69. The van der Waals surface area contributed by atoms with E-state index >= 15 is 0 Å². The van der Waals surface area contributed by atoms with Crippen LogP contribution >= 0.6 is 0 Å². The van der Waals surface area contributed by atoms with Crippen molar-refractivity contribution in [3.8, 4) is 0 Å². The second kappa shape index (κ2) is 12.8. The van der Waals surface area contributed by atoms with E-state index in [4.69, 9.17) is 0 Å². The first kappa shape index (κ1) is 26.2. The molecule has 0 radical (unpaired) electrons. The molecule has 4 bridgehead atoms. The first-order chi connectivity index (χ1) is 14.1. The predicted octanol–water partition coefficient (Wildman–Crippen LogP) is 7.46. The van der Waals surface area contributed by atoms with E-state index in [-0.39, 0.29) is 5.48 Å². The molecular weight excluding hydrogens is 366 g/mol. The maximum absolute atomic E-state index is 2.86. The van der Waals surface area contributed by atoms with Gasteiger partial charge in [0.05, 0.1) is 6.54 Å². The lowest BCUT2D eigenvalue weighted by molar-refractivity contribution is -0.755. The van der Waals surface area contributed by atoms with E-state index in [1.54, 1.807) is 19.3 Å². The lowest BCUT2D eigenvalue weighted by Gasteiger charge is -2.63. The standard InChI is InChI=1S/C28H53N.H2O/c1-4-5-6-7-8-9-10-11-12-13-14-15-16-17-18-29-28-22-24-19-25(23-28)21-26(20-24)27(28,2)3;/h24-26,29H,4-23H2,1-3H3;1H2. The van der Waals surface area contributed by atoms with Crippen molar-refractivity contribution < 1.29 is 10.8 Å². The van der Waals surface area contributed by atoms with Crippen molar-refractivity contribution >= 4 is 0 Å². The van der Waals surface area contributed by atoms with Gasteiger partial charge in [0.1, 0.15) is 5.54 Å². The average molecular weight is 422 g/mol. The van der Waals surface area contributed by atoms with E-state index in [1.807, 2.05) is 0 Å². The van der Waals surface area contributed by atoms with Crippen LogP contribution in [0.1, 0.15) is 143 Å². The van der Waals surface area contributed by atoms with Gasteiger partial charge in [-0.2, -0.15) is 0 Å². The summed E-state index contributed by atoms with van der Waals surface area (Å²) in [5.74, 6) is 3.18. The van der Waals surface area contributed by atoms with Crippen LogP contribution in [0.25, 0.3) is 0 Å². The van der Waals surface area contributed by atoms with Crippen LogP contribution < -0.4 is 5.32 Å². The molecule has 2 heteroatoms. The van der Waals surface area contributed by atoms with E-state index in [0.717, 1.165) is 17.8 Å². The number of nitrogens with two attached hydrogens (primary N) is 1. The van der Waals surface area contributed by atoms with Crippen LogP contribution in [0, 0.1) is 23.2 Å². The van der Waals surface area contributed by atoms with Crippen molar-refractivity contribution in [2.45, 2.75) is 148 Å². The SMILES string of the molecule is CCCCCCCCCCCCCCCC[NH2+]C12CC3CC(CC(C3)C1(C)C)C2.[OH-]. The molecule has 4 aliphatic carbocycles. The normalized spacial score (nSPS) is 31.1. The van der Waals surface area contributed by atoms with Gasteiger partial charge in [-0.1, -0.05) is 97.8 Å². The van der Waals surface area contributed by atoms with Gasteiger partial charge in [0.15, 0.2) is 0 Å². The van der Waals surface area contributed by atoms with Crippen LogP contribution in [0.15, 0.2) is 0 Å². The highest BCUT2D eigenvalue weighted by Crippen LogP contribution is 2.62. The summed E-state index contributed by atoms with van der Waals surface area (Å²) < 4.78 is 0. The molecule has 0 aromatic rings. The summed E-state index contributed by atoms with van der Waals surface area (Å²) in [6.07, 6.45) is 28.3. The third-order valence-corrected chi connectivity index (χ3v) is 9.60. The fourth-order valence-corrected chi connectivity index (χ4v) is 7.68. The van der Waals surface area contributed by atoms with Crippen molar-refractivity contribution in [1.82, 2.24) is 0 Å². The molecule has 2 nitrogen and oxygen atoms in total. The van der Waals surface area contributed by atoms with Crippen molar-refractivity contribution in [2.75, 3.05) is 6.54 Å². The fraction of sp³-hybridized carbons (Fsp3) is 1.00. The van der Waals surface area contributed by atoms with Crippen LogP contribution in [0.2, 0.25) is 0 Å². The number of unbranched alkanes of at least 4 members (excludes halogenated alkanes) is 13. The van der Waals surface area contributed by atoms with Gasteiger partial charge < -0.3 is 10.8 Å². The number of quaternary nitrogens is 1. The van der Waals surface area contributed by atoms with Gasteiger partial charge in [0.2, 0.25) is 0 Å². The van der Waals surface area contributed by atoms with E-state index in [2.05, 4.69) is 26.1 Å². The van der Waals surface area contributed by atoms with Crippen LogP contribution in [0.3, 0.4) is 0 Å². The molecule has 178 valence electrons. The highest BCUT2D eigenvalue weighted by atomic mass is 16.0. The van der Waals surface area contributed by atoms with Gasteiger partial charge in [-0.3, -0.25) is 0 Å². The first-order valence-electron chi connectivity index (χ1n) is 13.9. The van der Waals surface area contributed by atoms with Crippen LogP contribution in [0.4, 0.5) is 0 Å². The Bertz CT molecular complexity index is 446. The zero-order valence-corrected chi connectivity index (χ0v) is 20.9. The molecule has 4 saturated carbocycles. The smallest absolute Gasteiger partial charge is 0.102 e. The third-order valence-electron chi connectivity index (χ3n) is 9.60. The topological polar surface area (TPSA) is 46.6 Å². The van der Waals surface area contributed by atoms with Gasteiger partial charge in [-0.25, -0.2) is 0 Å². The zero-order valence-electron chi connectivity index (χ0n) is 20.9. The van der Waals surface area contributed by atoms with Gasteiger partial charge in [0.25, 0.3) is 0 Å². The van der Waals surface area contributed by atoms with Gasteiger partial charge >= 0.3 is 0 Å². The lowest BCUT2D eigenvalue weighted by atomic mass is 9.43. The highest BCUT2D eigenvalue weighted by Gasteiger charge is 2.63. The largest absolute Gasteiger partial charge is 0.870 e. The Balaban J connectivity index is 0.00000320. The molecule has 0 aromatic heterocycles. The maximum atomic E-state index is 2.86. The Labute approximate surface area is 189 Å². The molecule has 3 N–H and O–H groups in total. The second-order valence-electron chi connectivity index (χ2n) is 12.0. The van der Waals surface area contributed by atoms with E-state index in [1.165, 1.54) is 109 Å². The summed E-state index contributed by atoms with van der Waals surface area (Å²) in [4.78, 5) is 0. The van der Waals surface area contributed by atoms with Crippen molar-refractivity contribution in [1.29, 1.82) is 0 Å². The Morgan fingerprint density at radius 1 is 0.633 bits per heavy atom. The summed E-state index contributed by atoms with van der Waals surface area (Å²) in [5.41, 5.74) is 1.19. The first-order valence-corrected chi connectivity index (χ1v) is 13.9. The maximum Gasteiger partial charge on any atom is 0.102 e. The van der Waals surface area contributed by atoms with Crippen LogP contribution in [0.5, 0.6) is 0 Å². The quantitative estimate of drug-likeness (QED) is 0.258. The lowest BCUT2D eigenvalue weighted by Crippen LogP contribution is -3.02. The number of hydrogen-bond acceptors (Lipinski definition) is 1. The van der Waals surface area contributed by atoms with Crippen molar-refractivity contribution in [2.24, 2.45) is 23.2 Å². The highest BCUT2D eigenvalue weighted by molar-refractivity contribution is 5.10. The molecule has 0 heterocycles. The molecule has 0 saturated heterocycles. The van der Waals surface area contributed by atoms with Gasteiger partial charge in [-0.15, -0.1) is 0 Å². The Morgan fingerprint density at radius 2 is 1.07 bits per heavy atom. The summed E-state index contributed by atoms with van der Waals surface area (Å²) in [6, 6.07) is 0. The monoisotopic (exact) mass is 421 g/mol. The second-order valence-corrected chi connectivity index (χ2v) is 12.0. The summed E-state index contributed by atoms with van der Waals surface area (Å²) in [7, 11) is 0. The fourth-order valence-electron chi connectivity index (χ4n) is 7.68. The zero-order chi connectivity index (χ0) is 20.6. The predicted molar refractivity (Wildman–Crippen MR) is 129 cm³/mol. The van der Waals surface area contributed by atoms with Gasteiger partial charge in [-0.05, 0) is 49.9 Å². The minimum absolute atomic E-state index is 0. The Hall–Kier alpha value is -0.0800. The third kappa shape index (κ3) is 6.71. The van der Waals surface area contributed by atoms with E-state index < -0.39 is 0 Å². The summed E-state index contributed by atoms with van der Waals surface area (Å²) in [5, 5.41) is 2.86. The van der Waals surface area contributed by atoms with Crippen LogP contribution in [-0.4, -0.2) is 17.6 Å². The van der Waals surface area contributed by atoms with Crippen LogP contribution in [-0.2, 0) is 0 Å².